The molecule has 2 heterocycles. The number of aliphatic hydroxyl groups is 1. The number of fused-ring (bicyclic) bond motifs is 2. The summed E-state index contributed by atoms with van der Waals surface area (Å²) < 4.78 is 22.7. The summed E-state index contributed by atoms with van der Waals surface area (Å²) in [5.74, 6) is 0. The fourth-order valence-electron chi connectivity index (χ4n) is 2.68. The Hall–Kier alpha value is -1.24. The molecule has 0 amide bonds. The number of rotatable bonds is 6. The Morgan fingerprint density at radius 1 is 1.24 bits per heavy atom. The van der Waals surface area contributed by atoms with Crippen LogP contribution in [0.15, 0.2) is 43.0 Å². The molecule has 114 valence electrons. The molecular weight excluding hydrogens is 272 g/mol. The van der Waals surface area contributed by atoms with E-state index < -0.39 is 24.6 Å². The first-order valence-electron chi connectivity index (χ1n) is 7.13. The zero-order valence-electron chi connectivity index (χ0n) is 11.8. The lowest BCUT2D eigenvalue weighted by Crippen LogP contribution is -2.55. The predicted molar refractivity (Wildman–Crippen MR) is 75.6 cm³/mol. The number of aliphatic hydroxyl groups excluding tert-OH is 1. The predicted octanol–water partition coefficient (Wildman–Crippen LogP) is 1.26. The average molecular weight is 292 g/mol. The second-order valence-electron chi connectivity index (χ2n) is 5.21. The van der Waals surface area contributed by atoms with Gasteiger partial charge in [0, 0.05) is 0 Å². The van der Waals surface area contributed by atoms with E-state index in [2.05, 4.69) is 6.58 Å². The van der Waals surface area contributed by atoms with E-state index in [0.717, 1.165) is 5.56 Å². The van der Waals surface area contributed by atoms with Gasteiger partial charge in [0.1, 0.15) is 24.4 Å². The van der Waals surface area contributed by atoms with E-state index in [9.17, 15) is 5.11 Å². The summed E-state index contributed by atoms with van der Waals surface area (Å²) in [5, 5.41) is 10.5. The van der Waals surface area contributed by atoms with E-state index in [1.165, 1.54) is 0 Å². The maximum absolute atomic E-state index is 10.5. The lowest BCUT2D eigenvalue weighted by Gasteiger charge is -2.37. The third kappa shape index (κ3) is 3.17. The van der Waals surface area contributed by atoms with E-state index in [-0.39, 0.29) is 6.10 Å². The van der Waals surface area contributed by atoms with Gasteiger partial charge in [-0.2, -0.15) is 0 Å². The summed E-state index contributed by atoms with van der Waals surface area (Å²) in [6, 6.07) is 9.79. The van der Waals surface area contributed by atoms with Gasteiger partial charge in [0.15, 0.2) is 6.29 Å². The van der Waals surface area contributed by atoms with Crippen molar-refractivity contribution in [3.8, 4) is 0 Å². The molecule has 2 aliphatic rings. The molecule has 1 N–H and O–H groups in total. The Morgan fingerprint density at radius 2 is 2.05 bits per heavy atom. The topological polar surface area (TPSA) is 57.2 Å². The molecule has 2 aliphatic heterocycles. The third-order valence-electron chi connectivity index (χ3n) is 3.73. The van der Waals surface area contributed by atoms with Crippen LogP contribution in [0.25, 0.3) is 0 Å². The monoisotopic (exact) mass is 292 g/mol. The quantitative estimate of drug-likeness (QED) is 0.800. The highest BCUT2D eigenvalue weighted by Gasteiger charge is 2.51. The highest BCUT2D eigenvalue weighted by Crippen LogP contribution is 2.32. The molecule has 3 rings (SSSR count). The summed E-state index contributed by atoms with van der Waals surface area (Å²) in [4.78, 5) is 0. The Bertz CT molecular complexity index is 463. The first kappa shape index (κ1) is 14.7. The largest absolute Gasteiger partial charge is 0.387 e. The minimum atomic E-state index is -0.778. The van der Waals surface area contributed by atoms with E-state index >= 15 is 0 Å². The number of ether oxygens (including phenoxy) is 4. The van der Waals surface area contributed by atoms with Crippen molar-refractivity contribution in [3.05, 3.63) is 48.6 Å². The molecular formula is C16H20O5. The van der Waals surface area contributed by atoms with Gasteiger partial charge in [-0.15, -0.1) is 6.58 Å². The Kier molecular flexibility index (Phi) is 4.67. The van der Waals surface area contributed by atoms with Gasteiger partial charge >= 0.3 is 0 Å². The Morgan fingerprint density at radius 3 is 2.81 bits per heavy atom. The van der Waals surface area contributed by atoms with Crippen molar-refractivity contribution in [3.63, 3.8) is 0 Å². The Labute approximate surface area is 124 Å². The van der Waals surface area contributed by atoms with Gasteiger partial charge in [-0.25, -0.2) is 0 Å². The van der Waals surface area contributed by atoms with Crippen LogP contribution in [0.2, 0.25) is 0 Å². The van der Waals surface area contributed by atoms with Gasteiger partial charge in [0.25, 0.3) is 0 Å². The summed E-state index contributed by atoms with van der Waals surface area (Å²) in [5.41, 5.74) is 1.04. The molecule has 0 aromatic heterocycles. The van der Waals surface area contributed by atoms with Crippen molar-refractivity contribution >= 4 is 0 Å². The number of hydrogen-bond donors (Lipinski definition) is 1. The molecule has 2 bridgehead atoms. The normalized spacial score (nSPS) is 34.8. The van der Waals surface area contributed by atoms with Crippen molar-refractivity contribution in [2.45, 2.75) is 37.3 Å². The van der Waals surface area contributed by atoms with Crippen LogP contribution in [0.3, 0.4) is 0 Å². The number of hydrogen-bond acceptors (Lipinski definition) is 5. The maximum atomic E-state index is 10.5. The highest BCUT2D eigenvalue weighted by molar-refractivity contribution is 5.13. The molecule has 0 saturated carbocycles. The highest BCUT2D eigenvalue weighted by atomic mass is 16.8. The van der Waals surface area contributed by atoms with Crippen LogP contribution in [-0.4, -0.2) is 49.0 Å². The smallest absolute Gasteiger partial charge is 0.187 e. The third-order valence-corrected chi connectivity index (χ3v) is 3.73. The molecule has 0 aliphatic carbocycles. The van der Waals surface area contributed by atoms with Crippen LogP contribution in [0, 0.1) is 0 Å². The molecule has 2 saturated heterocycles. The second-order valence-corrected chi connectivity index (χ2v) is 5.21. The summed E-state index contributed by atoms with van der Waals surface area (Å²) in [7, 11) is 0. The van der Waals surface area contributed by atoms with Gasteiger partial charge < -0.3 is 24.1 Å². The van der Waals surface area contributed by atoms with E-state index in [1.807, 2.05) is 30.3 Å². The van der Waals surface area contributed by atoms with Gasteiger partial charge in [-0.1, -0.05) is 36.4 Å². The lowest BCUT2D eigenvalue weighted by molar-refractivity contribution is -0.252. The van der Waals surface area contributed by atoms with Crippen molar-refractivity contribution in [1.82, 2.24) is 0 Å². The Balaban J connectivity index is 1.64. The fourth-order valence-corrected chi connectivity index (χ4v) is 2.68. The second kappa shape index (κ2) is 6.68. The number of benzene rings is 1. The molecule has 1 aromatic carbocycles. The van der Waals surface area contributed by atoms with Gasteiger partial charge in [0.05, 0.1) is 19.8 Å². The SMILES string of the molecule is C=CCO[C@H]1[C@H](O)[C@@H](OCc2ccccc2)[C@@H]2OC[C@H]1O2. The standard InChI is InChI=1S/C16H20O5/c1-2-8-18-14-12-10-20-16(21-12)15(13(14)17)19-9-11-6-4-3-5-7-11/h2-7,12-17H,1,8-10H2/t12-,13+,14-,15-,16-/m1/s1. The van der Waals surface area contributed by atoms with Crippen LogP contribution in [0.5, 0.6) is 0 Å². The zero-order valence-corrected chi connectivity index (χ0v) is 11.8. The first-order chi connectivity index (χ1) is 10.3. The molecule has 0 spiro atoms. The molecule has 5 nitrogen and oxygen atoms in total. The summed E-state index contributed by atoms with van der Waals surface area (Å²) in [6.45, 7) is 4.78. The maximum Gasteiger partial charge on any atom is 0.187 e. The van der Waals surface area contributed by atoms with Crippen molar-refractivity contribution in [1.29, 1.82) is 0 Å². The zero-order chi connectivity index (χ0) is 14.7. The van der Waals surface area contributed by atoms with Crippen molar-refractivity contribution in [2.75, 3.05) is 13.2 Å². The van der Waals surface area contributed by atoms with Crippen LogP contribution in [0.1, 0.15) is 5.56 Å². The molecule has 5 atom stereocenters. The van der Waals surface area contributed by atoms with E-state index in [0.29, 0.717) is 19.8 Å². The molecule has 1 aromatic rings. The fraction of sp³-hybridized carbons (Fsp3) is 0.500. The molecule has 5 heteroatoms. The van der Waals surface area contributed by atoms with Crippen molar-refractivity contribution in [2.24, 2.45) is 0 Å². The molecule has 2 fully saturated rings. The lowest BCUT2D eigenvalue weighted by atomic mass is 10.0. The summed E-state index contributed by atoms with van der Waals surface area (Å²) in [6.07, 6.45) is -0.922. The minimum absolute atomic E-state index is 0.249. The molecule has 0 unspecified atom stereocenters. The first-order valence-corrected chi connectivity index (χ1v) is 7.13. The van der Waals surface area contributed by atoms with Gasteiger partial charge in [-0.05, 0) is 5.56 Å². The van der Waals surface area contributed by atoms with E-state index in [1.54, 1.807) is 6.08 Å². The minimum Gasteiger partial charge on any atom is -0.387 e. The molecule has 21 heavy (non-hydrogen) atoms. The van der Waals surface area contributed by atoms with Crippen LogP contribution in [0.4, 0.5) is 0 Å². The van der Waals surface area contributed by atoms with E-state index in [4.69, 9.17) is 18.9 Å². The van der Waals surface area contributed by atoms with Gasteiger partial charge in [0.2, 0.25) is 0 Å². The van der Waals surface area contributed by atoms with Crippen LogP contribution >= 0.6 is 0 Å². The summed E-state index contributed by atoms with van der Waals surface area (Å²) >= 11 is 0. The van der Waals surface area contributed by atoms with Crippen molar-refractivity contribution < 1.29 is 24.1 Å². The van der Waals surface area contributed by atoms with Crippen LogP contribution in [-0.2, 0) is 25.6 Å². The average Bonchev–Trinajstić information content (AvgIpc) is 2.94. The molecule has 0 radical (unpaired) electrons. The van der Waals surface area contributed by atoms with Gasteiger partial charge in [-0.3, -0.25) is 0 Å². The van der Waals surface area contributed by atoms with Crippen LogP contribution < -0.4 is 0 Å².